The van der Waals surface area contributed by atoms with Gasteiger partial charge < -0.3 is 16.0 Å². The summed E-state index contributed by atoms with van der Waals surface area (Å²) in [5.74, 6) is 0.409. The zero-order valence-corrected chi connectivity index (χ0v) is 10.7. The summed E-state index contributed by atoms with van der Waals surface area (Å²) >= 11 is 1.38. The Balaban J connectivity index is 3.28. The summed E-state index contributed by atoms with van der Waals surface area (Å²) in [6.45, 7) is 1.65. The second kappa shape index (κ2) is 9.47. The molecule has 6 heteroatoms. The molecule has 0 bridgehead atoms. The second-order valence-electron chi connectivity index (χ2n) is 3.63. The van der Waals surface area contributed by atoms with Crippen molar-refractivity contribution < 1.29 is 9.59 Å². The molecule has 2 amide bonds. The van der Waals surface area contributed by atoms with Gasteiger partial charge in [-0.15, -0.1) is 0 Å². The first-order valence-corrected chi connectivity index (χ1v) is 6.29. The van der Waals surface area contributed by atoms with E-state index in [2.05, 4.69) is 10.2 Å². The van der Waals surface area contributed by atoms with Gasteiger partial charge in [0, 0.05) is 12.3 Å². The Bertz CT molecular complexity index is 222. The van der Waals surface area contributed by atoms with Crippen molar-refractivity contribution in [2.45, 2.75) is 6.42 Å². The first kappa shape index (κ1) is 15.2. The highest BCUT2D eigenvalue weighted by Crippen LogP contribution is 2.00. The van der Waals surface area contributed by atoms with E-state index in [1.807, 2.05) is 14.1 Å². The zero-order chi connectivity index (χ0) is 12.4. The summed E-state index contributed by atoms with van der Waals surface area (Å²) < 4.78 is 0. The van der Waals surface area contributed by atoms with Crippen LogP contribution in [0.1, 0.15) is 6.42 Å². The number of amides is 2. The van der Waals surface area contributed by atoms with E-state index in [1.165, 1.54) is 18.2 Å². The summed E-state index contributed by atoms with van der Waals surface area (Å²) in [6.07, 6.45) is 2.31. The lowest BCUT2D eigenvalue weighted by molar-refractivity contribution is -0.118. The Morgan fingerprint density at radius 2 is 2.12 bits per heavy atom. The van der Waals surface area contributed by atoms with E-state index in [1.54, 1.807) is 0 Å². The van der Waals surface area contributed by atoms with Crippen LogP contribution in [0.3, 0.4) is 0 Å². The minimum atomic E-state index is -0.445. The molecule has 0 aliphatic carbocycles. The molecule has 0 aliphatic heterocycles. The van der Waals surface area contributed by atoms with Gasteiger partial charge in [0.1, 0.15) is 0 Å². The van der Waals surface area contributed by atoms with E-state index >= 15 is 0 Å². The predicted molar refractivity (Wildman–Crippen MR) is 67.0 cm³/mol. The van der Waals surface area contributed by atoms with Gasteiger partial charge in [0.2, 0.25) is 11.8 Å². The molecule has 0 saturated carbocycles. The minimum Gasteiger partial charge on any atom is -0.369 e. The molecule has 0 aromatic heterocycles. The van der Waals surface area contributed by atoms with Crippen molar-refractivity contribution in [2.75, 3.05) is 38.7 Å². The fourth-order valence-electron chi connectivity index (χ4n) is 0.967. The van der Waals surface area contributed by atoms with Crippen LogP contribution in [0.4, 0.5) is 0 Å². The van der Waals surface area contributed by atoms with E-state index in [4.69, 9.17) is 5.73 Å². The number of nitrogens with two attached hydrogens (primary N) is 1. The molecule has 0 heterocycles. The Hall–Kier alpha value is -0.750. The van der Waals surface area contributed by atoms with Gasteiger partial charge in [0.15, 0.2) is 0 Å². The van der Waals surface area contributed by atoms with Crippen LogP contribution in [0.25, 0.3) is 0 Å². The van der Waals surface area contributed by atoms with Crippen LogP contribution in [0.2, 0.25) is 0 Å². The Morgan fingerprint density at radius 1 is 1.44 bits per heavy atom. The van der Waals surface area contributed by atoms with Crippen molar-refractivity contribution in [3.63, 3.8) is 0 Å². The number of hydrogen-bond donors (Lipinski definition) is 2. The number of carbonyl (C=O) groups excluding carboxylic acids is 2. The molecule has 0 spiro atoms. The summed E-state index contributed by atoms with van der Waals surface area (Å²) in [4.78, 5) is 23.7. The molecule has 0 fully saturated rings. The van der Waals surface area contributed by atoms with Gasteiger partial charge in [-0.1, -0.05) is 0 Å². The van der Waals surface area contributed by atoms with Crippen LogP contribution >= 0.6 is 11.8 Å². The van der Waals surface area contributed by atoms with Crippen molar-refractivity contribution in [1.29, 1.82) is 0 Å². The van der Waals surface area contributed by atoms with Crippen LogP contribution in [0.5, 0.6) is 0 Å². The third-order valence-electron chi connectivity index (χ3n) is 1.74. The van der Waals surface area contributed by atoms with E-state index in [-0.39, 0.29) is 5.91 Å². The molecule has 0 aromatic carbocycles. The molecule has 0 unspecified atom stereocenters. The van der Waals surface area contributed by atoms with Gasteiger partial charge in [-0.05, 0) is 27.1 Å². The number of hydrogen-bond acceptors (Lipinski definition) is 4. The summed E-state index contributed by atoms with van der Waals surface area (Å²) in [5, 5.41) is 2.81. The van der Waals surface area contributed by atoms with Gasteiger partial charge >= 0.3 is 0 Å². The van der Waals surface area contributed by atoms with Crippen LogP contribution in [-0.4, -0.2) is 55.4 Å². The normalized spacial score (nSPS) is 10.4. The molecule has 0 aromatic rings. The van der Waals surface area contributed by atoms with Gasteiger partial charge in [-0.3, -0.25) is 9.59 Å². The average molecular weight is 246 g/mol. The molecule has 0 saturated heterocycles. The fourth-order valence-corrected chi connectivity index (χ4v) is 1.65. The molecule has 1 radical (unpaired) electrons. The quantitative estimate of drug-likeness (QED) is 0.537. The highest BCUT2D eigenvalue weighted by Gasteiger charge is 2.02. The smallest absolute Gasteiger partial charge is 0.229 e. The first-order valence-electron chi connectivity index (χ1n) is 5.14. The number of carbonyl (C=O) groups is 2. The van der Waals surface area contributed by atoms with Crippen LogP contribution in [-0.2, 0) is 9.59 Å². The lowest BCUT2D eigenvalue weighted by atomic mass is 10.4. The van der Waals surface area contributed by atoms with E-state index < -0.39 is 5.91 Å². The number of nitrogens with one attached hydrogen (secondary N) is 1. The van der Waals surface area contributed by atoms with E-state index in [0.717, 1.165) is 13.0 Å². The van der Waals surface area contributed by atoms with E-state index in [0.29, 0.717) is 18.1 Å². The molecule has 0 rings (SSSR count). The number of primary amides is 1. The van der Waals surface area contributed by atoms with Gasteiger partial charge in [-0.25, -0.2) is 0 Å². The zero-order valence-electron chi connectivity index (χ0n) is 9.86. The van der Waals surface area contributed by atoms with Crippen LogP contribution in [0, 0.1) is 6.42 Å². The lowest BCUT2D eigenvalue weighted by Crippen LogP contribution is -2.28. The second-order valence-corrected chi connectivity index (χ2v) is 4.66. The predicted octanol–water partition coefficient (Wildman–Crippen LogP) is -0.523. The van der Waals surface area contributed by atoms with Gasteiger partial charge in [0.05, 0.1) is 12.2 Å². The third kappa shape index (κ3) is 11.3. The number of nitrogens with zero attached hydrogens (tertiary/aromatic N) is 1. The van der Waals surface area contributed by atoms with Gasteiger partial charge in [0.25, 0.3) is 0 Å². The average Bonchev–Trinajstić information content (AvgIpc) is 2.19. The Morgan fingerprint density at radius 3 is 2.69 bits per heavy atom. The molecular weight excluding hydrogens is 226 g/mol. The monoisotopic (exact) mass is 246 g/mol. The van der Waals surface area contributed by atoms with Crippen LogP contribution < -0.4 is 11.1 Å². The summed E-state index contributed by atoms with van der Waals surface area (Å²) in [5.41, 5.74) is 4.92. The Labute approximate surface area is 101 Å². The molecule has 16 heavy (non-hydrogen) atoms. The van der Waals surface area contributed by atoms with Crippen molar-refractivity contribution in [1.82, 2.24) is 10.2 Å². The molecule has 5 nitrogen and oxygen atoms in total. The number of rotatable bonds is 9. The standard InChI is InChI=1S/C10H20N3O2S/c1-13(2)6-3-5-12-10(15)8-16-7-4-9(11)14/h4H,3,5-8H2,1-2H3,(H2,11,14)(H,12,15). The summed E-state index contributed by atoms with van der Waals surface area (Å²) in [7, 11) is 3.99. The van der Waals surface area contributed by atoms with Crippen molar-refractivity contribution >= 4 is 23.6 Å². The maximum Gasteiger partial charge on any atom is 0.229 e. The fraction of sp³-hybridized carbons (Fsp3) is 0.700. The van der Waals surface area contributed by atoms with E-state index in [9.17, 15) is 9.59 Å². The largest absolute Gasteiger partial charge is 0.369 e. The first-order chi connectivity index (χ1) is 7.52. The molecule has 3 N–H and O–H groups in total. The lowest BCUT2D eigenvalue weighted by Gasteiger charge is -2.09. The maximum absolute atomic E-state index is 11.3. The van der Waals surface area contributed by atoms with Gasteiger partial charge in [-0.2, -0.15) is 11.8 Å². The Kier molecular flexibility index (Phi) is 9.03. The molecular formula is C10H20N3O2S. The van der Waals surface area contributed by atoms with Crippen molar-refractivity contribution in [2.24, 2.45) is 5.73 Å². The minimum absolute atomic E-state index is 0.00151. The SMILES string of the molecule is CN(C)CCCNC(=O)CSC[CH]C(N)=O. The van der Waals surface area contributed by atoms with Crippen molar-refractivity contribution in [3.05, 3.63) is 6.42 Å². The molecule has 93 valence electrons. The summed E-state index contributed by atoms with van der Waals surface area (Å²) in [6, 6.07) is 0. The maximum atomic E-state index is 11.3. The van der Waals surface area contributed by atoms with Crippen LogP contribution in [0.15, 0.2) is 0 Å². The highest BCUT2D eigenvalue weighted by molar-refractivity contribution is 8.00. The third-order valence-corrected chi connectivity index (χ3v) is 2.61. The molecule has 0 atom stereocenters. The topological polar surface area (TPSA) is 75.4 Å². The molecule has 0 aliphatic rings. The van der Waals surface area contributed by atoms with Crippen molar-refractivity contribution in [3.8, 4) is 0 Å². The number of thioether (sulfide) groups is 1. The highest BCUT2D eigenvalue weighted by atomic mass is 32.2.